The van der Waals surface area contributed by atoms with Gasteiger partial charge in [0.15, 0.2) is 5.13 Å². The van der Waals surface area contributed by atoms with Gasteiger partial charge in [-0.3, -0.25) is 15.0 Å². The third-order valence-corrected chi connectivity index (χ3v) is 5.51. The van der Waals surface area contributed by atoms with Crippen LogP contribution < -0.4 is 5.32 Å². The van der Waals surface area contributed by atoms with Gasteiger partial charge in [-0.1, -0.05) is 60.7 Å². The number of carbonyl (C=O) groups excluding carboxylic acids is 1. The van der Waals surface area contributed by atoms with E-state index in [-0.39, 0.29) is 5.91 Å². The number of fused-ring (bicyclic) bond motifs is 1. The quantitative estimate of drug-likeness (QED) is 0.674. The number of amides is 1. The predicted molar refractivity (Wildman–Crippen MR) is 110 cm³/mol. The lowest BCUT2D eigenvalue weighted by Crippen LogP contribution is -2.29. The number of rotatable bonds is 5. The van der Waals surface area contributed by atoms with Crippen LogP contribution in [0.15, 0.2) is 66.7 Å². The Labute approximate surface area is 163 Å². The number of aromatic nitrogens is 1. The second-order valence-electron chi connectivity index (χ2n) is 6.57. The summed E-state index contributed by atoms with van der Waals surface area (Å²) in [5.74, 6) is -0.147. The third kappa shape index (κ3) is 4.70. The van der Waals surface area contributed by atoms with E-state index in [4.69, 9.17) is 0 Å². The first-order valence-electron chi connectivity index (χ1n) is 9.05. The molecule has 0 saturated carbocycles. The molecule has 1 aliphatic heterocycles. The Balaban J connectivity index is 1.37. The predicted octanol–water partition coefficient (Wildman–Crippen LogP) is 4.35. The molecule has 1 aliphatic rings. The molecular formula is C22H21N3OS. The highest BCUT2D eigenvalue weighted by atomic mass is 32.1. The highest BCUT2D eigenvalue weighted by molar-refractivity contribution is 7.15. The number of nitrogens with zero attached hydrogens (tertiary/aromatic N) is 2. The first kappa shape index (κ1) is 17.6. The van der Waals surface area contributed by atoms with Crippen molar-refractivity contribution < 1.29 is 4.79 Å². The van der Waals surface area contributed by atoms with Crippen LogP contribution in [0.4, 0.5) is 5.13 Å². The van der Waals surface area contributed by atoms with Crippen molar-refractivity contribution in [3.05, 3.63) is 88.4 Å². The Morgan fingerprint density at radius 2 is 1.85 bits per heavy atom. The minimum atomic E-state index is -0.147. The molecule has 4 nitrogen and oxygen atoms in total. The minimum absolute atomic E-state index is 0.147. The van der Waals surface area contributed by atoms with Gasteiger partial charge < -0.3 is 0 Å². The van der Waals surface area contributed by atoms with Gasteiger partial charge >= 0.3 is 0 Å². The summed E-state index contributed by atoms with van der Waals surface area (Å²) in [5.41, 5.74) is 3.44. The third-order valence-electron chi connectivity index (χ3n) is 4.52. The molecule has 0 radical (unpaired) electrons. The molecule has 5 heteroatoms. The molecule has 3 aromatic rings. The maximum atomic E-state index is 12.2. The molecule has 0 aliphatic carbocycles. The van der Waals surface area contributed by atoms with Crippen LogP contribution in [0.1, 0.15) is 21.7 Å². The zero-order valence-electron chi connectivity index (χ0n) is 15.0. The molecule has 1 amide bonds. The normalized spacial score (nSPS) is 14.2. The topological polar surface area (TPSA) is 45.2 Å². The molecule has 0 saturated heterocycles. The number of hydrogen-bond acceptors (Lipinski definition) is 4. The first-order chi connectivity index (χ1) is 13.3. The molecule has 0 unspecified atom stereocenters. The largest absolute Gasteiger partial charge is 0.298 e. The smallest absolute Gasteiger partial charge is 0.250 e. The molecule has 0 bridgehead atoms. The Morgan fingerprint density at radius 1 is 1.11 bits per heavy atom. The number of benzene rings is 2. The van der Waals surface area contributed by atoms with Gasteiger partial charge in [0.05, 0.1) is 5.69 Å². The van der Waals surface area contributed by atoms with E-state index in [1.54, 1.807) is 17.4 Å². The lowest BCUT2D eigenvalue weighted by atomic mass is 10.1. The summed E-state index contributed by atoms with van der Waals surface area (Å²) in [7, 11) is 0. The SMILES string of the molecule is O=C(/C=C/c1ccccc1)Nc1nc2c(s1)CN(Cc1ccccc1)CC2. The zero-order valence-corrected chi connectivity index (χ0v) is 15.8. The Bertz CT molecular complexity index is 935. The average molecular weight is 375 g/mol. The number of thiazole rings is 1. The van der Waals surface area contributed by atoms with Gasteiger partial charge in [0.2, 0.25) is 5.91 Å². The van der Waals surface area contributed by atoms with Crippen LogP contribution in [-0.2, 0) is 24.3 Å². The van der Waals surface area contributed by atoms with E-state index in [2.05, 4.69) is 39.5 Å². The maximum Gasteiger partial charge on any atom is 0.250 e. The van der Waals surface area contributed by atoms with E-state index in [0.717, 1.165) is 37.3 Å². The van der Waals surface area contributed by atoms with Crippen molar-refractivity contribution in [1.29, 1.82) is 0 Å². The van der Waals surface area contributed by atoms with E-state index in [9.17, 15) is 4.79 Å². The lowest BCUT2D eigenvalue weighted by Gasteiger charge is -2.25. The molecule has 0 atom stereocenters. The van der Waals surface area contributed by atoms with Crippen LogP contribution in [0.5, 0.6) is 0 Å². The second-order valence-corrected chi connectivity index (χ2v) is 7.65. The Kier molecular flexibility index (Phi) is 5.42. The molecular weight excluding hydrogens is 354 g/mol. The van der Waals surface area contributed by atoms with Crippen LogP contribution in [-0.4, -0.2) is 22.3 Å². The van der Waals surface area contributed by atoms with Crippen molar-refractivity contribution >= 4 is 28.5 Å². The minimum Gasteiger partial charge on any atom is -0.298 e. The van der Waals surface area contributed by atoms with Crippen molar-refractivity contribution in [3.63, 3.8) is 0 Å². The van der Waals surface area contributed by atoms with Crippen LogP contribution in [0.25, 0.3) is 6.08 Å². The van der Waals surface area contributed by atoms with Crippen molar-refractivity contribution in [2.75, 3.05) is 11.9 Å². The van der Waals surface area contributed by atoms with Gasteiger partial charge in [-0.05, 0) is 17.2 Å². The highest BCUT2D eigenvalue weighted by Crippen LogP contribution is 2.29. The maximum absolute atomic E-state index is 12.2. The molecule has 0 spiro atoms. The van der Waals surface area contributed by atoms with E-state index in [1.165, 1.54) is 10.4 Å². The van der Waals surface area contributed by atoms with Crippen molar-refractivity contribution in [2.24, 2.45) is 0 Å². The zero-order chi connectivity index (χ0) is 18.5. The fourth-order valence-corrected chi connectivity index (χ4v) is 4.22. The standard InChI is InChI=1S/C22H21N3OS/c26-21(12-11-17-7-3-1-4-8-17)24-22-23-19-13-14-25(16-20(19)27-22)15-18-9-5-2-6-10-18/h1-12H,13-16H2,(H,23,24,26)/b12-11+. The fraction of sp³-hybridized carbons (Fsp3) is 0.182. The molecule has 27 heavy (non-hydrogen) atoms. The van der Waals surface area contributed by atoms with Gasteiger partial charge in [0, 0.05) is 37.0 Å². The number of nitrogens with one attached hydrogen (secondary N) is 1. The van der Waals surface area contributed by atoms with Crippen LogP contribution >= 0.6 is 11.3 Å². The number of anilines is 1. The summed E-state index contributed by atoms with van der Waals surface area (Å²) in [5, 5.41) is 3.58. The molecule has 1 aromatic heterocycles. The molecule has 2 heterocycles. The van der Waals surface area contributed by atoms with Gasteiger partial charge in [-0.15, -0.1) is 11.3 Å². The van der Waals surface area contributed by atoms with Crippen molar-refractivity contribution in [1.82, 2.24) is 9.88 Å². The Morgan fingerprint density at radius 3 is 2.63 bits per heavy atom. The van der Waals surface area contributed by atoms with Crippen LogP contribution in [0.3, 0.4) is 0 Å². The van der Waals surface area contributed by atoms with Crippen LogP contribution in [0.2, 0.25) is 0 Å². The molecule has 0 fully saturated rings. The second kappa shape index (κ2) is 8.29. The van der Waals surface area contributed by atoms with Gasteiger partial charge in [-0.2, -0.15) is 0 Å². The lowest BCUT2D eigenvalue weighted by molar-refractivity contribution is -0.111. The van der Waals surface area contributed by atoms with E-state index in [0.29, 0.717) is 5.13 Å². The molecule has 1 N–H and O–H groups in total. The van der Waals surface area contributed by atoms with Crippen molar-refractivity contribution in [3.8, 4) is 0 Å². The number of carbonyl (C=O) groups is 1. The summed E-state index contributed by atoms with van der Waals surface area (Å²) in [6.45, 7) is 2.82. The Hall–Kier alpha value is -2.76. The van der Waals surface area contributed by atoms with E-state index in [1.807, 2.05) is 42.5 Å². The van der Waals surface area contributed by atoms with Crippen LogP contribution in [0, 0.1) is 0 Å². The first-order valence-corrected chi connectivity index (χ1v) is 9.87. The summed E-state index contributed by atoms with van der Waals surface area (Å²) < 4.78 is 0. The monoisotopic (exact) mass is 375 g/mol. The fourth-order valence-electron chi connectivity index (χ4n) is 3.16. The average Bonchev–Trinajstić information content (AvgIpc) is 3.09. The number of hydrogen-bond donors (Lipinski definition) is 1. The van der Waals surface area contributed by atoms with Gasteiger partial charge in [0.1, 0.15) is 0 Å². The molecule has 136 valence electrons. The summed E-state index contributed by atoms with van der Waals surface area (Å²) >= 11 is 1.58. The van der Waals surface area contributed by atoms with Gasteiger partial charge in [-0.25, -0.2) is 4.98 Å². The summed E-state index contributed by atoms with van der Waals surface area (Å²) in [6, 6.07) is 20.3. The highest BCUT2D eigenvalue weighted by Gasteiger charge is 2.21. The van der Waals surface area contributed by atoms with E-state index >= 15 is 0 Å². The van der Waals surface area contributed by atoms with E-state index < -0.39 is 0 Å². The summed E-state index contributed by atoms with van der Waals surface area (Å²) in [6.07, 6.45) is 4.29. The molecule has 4 rings (SSSR count). The summed E-state index contributed by atoms with van der Waals surface area (Å²) in [4.78, 5) is 20.5. The molecule has 2 aromatic carbocycles. The van der Waals surface area contributed by atoms with Crippen molar-refractivity contribution in [2.45, 2.75) is 19.5 Å². The van der Waals surface area contributed by atoms with Gasteiger partial charge in [0.25, 0.3) is 0 Å².